The average Bonchev–Trinajstić information content (AvgIpc) is 2.88. The van der Waals surface area contributed by atoms with Crippen LogP contribution in [0.5, 0.6) is 0 Å². The van der Waals surface area contributed by atoms with Crippen LogP contribution in [0.2, 0.25) is 0 Å². The van der Waals surface area contributed by atoms with Crippen LogP contribution < -0.4 is 10.6 Å². The van der Waals surface area contributed by atoms with E-state index in [1.54, 1.807) is 0 Å². The van der Waals surface area contributed by atoms with E-state index in [1.807, 2.05) is 0 Å². The maximum atomic E-state index is 12.2. The van der Waals surface area contributed by atoms with E-state index in [0.717, 1.165) is 62.1 Å². The van der Waals surface area contributed by atoms with E-state index in [2.05, 4.69) is 10.6 Å². The number of benzene rings is 2. The van der Waals surface area contributed by atoms with E-state index in [0.29, 0.717) is 12.8 Å². The van der Waals surface area contributed by atoms with Crippen molar-refractivity contribution in [3.63, 3.8) is 0 Å². The molecule has 2 amide bonds. The summed E-state index contributed by atoms with van der Waals surface area (Å²) in [5, 5.41) is 49.0. The van der Waals surface area contributed by atoms with Crippen molar-refractivity contribution in [2.45, 2.75) is 38.5 Å². The number of amides is 2. The predicted octanol–water partition coefficient (Wildman–Crippen LogP) is 3.82. The molecule has 0 spiro atoms. The van der Waals surface area contributed by atoms with E-state index in [4.69, 9.17) is 0 Å². The molecule has 2 N–H and O–H groups in total. The van der Waals surface area contributed by atoms with Crippen LogP contribution in [0.3, 0.4) is 0 Å². The van der Waals surface area contributed by atoms with E-state index < -0.39 is 54.3 Å². The molecule has 0 unspecified atom stereocenters. The number of non-ortho nitro benzene ring substituents is 2. The lowest BCUT2D eigenvalue weighted by molar-refractivity contribution is -0.394. The van der Waals surface area contributed by atoms with Crippen molar-refractivity contribution in [3.8, 4) is 0 Å². The Bertz CT molecular complexity index is 1150. The van der Waals surface area contributed by atoms with Gasteiger partial charge in [0.1, 0.15) is 11.1 Å². The van der Waals surface area contributed by atoms with Gasteiger partial charge in [-0.3, -0.25) is 50.0 Å². The van der Waals surface area contributed by atoms with Gasteiger partial charge in [0.05, 0.1) is 31.8 Å². The van der Waals surface area contributed by atoms with Crippen molar-refractivity contribution >= 4 is 34.6 Å². The quantitative estimate of drug-likeness (QED) is 0.191. The molecule has 202 valence electrons. The minimum atomic E-state index is -0.850. The summed E-state index contributed by atoms with van der Waals surface area (Å²) in [7, 11) is 0. The Morgan fingerprint density at radius 3 is 1.21 bits per heavy atom. The largest absolute Gasteiger partial charge is 0.352 e. The Morgan fingerprint density at radius 1 is 0.553 bits per heavy atom. The van der Waals surface area contributed by atoms with Crippen molar-refractivity contribution in [3.05, 3.63) is 88.0 Å². The number of hydrogen-bond donors (Lipinski definition) is 2. The molecule has 0 atom stereocenters. The lowest BCUT2D eigenvalue weighted by atomic mass is 10.1. The fraction of sp³-hybridized carbons (Fsp3) is 0.364. The van der Waals surface area contributed by atoms with Gasteiger partial charge in [0.25, 0.3) is 34.6 Å². The number of carbonyl (C=O) groups excluding carboxylic acids is 2. The van der Waals surface area contributed by atoms with Gasteiger partial charge in [0, 0.05) is 25.2 Å². The number of carbonyl (C=O) groups is 2. The number of rotatable bonds is 15. The number of nitro groups is 4. The molecule has 0 aromatic heterocycles. The molecule has 2 aromatic carbocycles. The van der Waals surface area contributed by atoms with Gasteiger partial charge in [-0.15, -0.1) is 0 Å². The van der Waals surface area contributed by atoms with Gasteiger partial charge < -0.3 is 10.6 Å². The molecular formula is C22H24N6O10. The van der Waals surface area contributed by atoms with Gasteiger partial charge in [0.2, 0.25) is 0 Å². The lowest BCUT2D eigenvalue weighted by Crippen LogP contribution is -2.25. The lowest BCUT2D eigenvalue weighted by Gasteiger charge is -2.07. The summed E-state index contributed by atoms with van der Waals surface area (Å²) in [6.07, 6.45) is 4.35. The van der Waals surface area contributed by atoms with Gasteiger partial charge in [0.15, 0.2) is 0 Å². The number of nitro benzene ring substituents is 4. The first kappa shape index (κ1) is 29.2. The SMILES string of the molecule is O=C(NCCCCCCCCNC(=O)c1ccc([N+](=O)[O-])cc1[N+](=O)[O-])c1ccc([N+](=O)[O-])cc1[N+](=O)[O-]. The molecule has 38 heavy (non-hydrogen) atoms. The highest BCUT2D eigenvalue weighted by Crippen LogP contribution is 2.25. The van der Waals surface area contributed by atoms with Crippen LogP contribution in [0.25, 0.3) is 0 Å². The standard InChI is InChI=1S/C22H24N6O10/c29-21(17-9-7-15(25(31)32)13-19(17)27(35)36)23-11-5-3-1-2-4-6-12-24-22(30)18-10-8-16(26(33)34)14-20(18)28(37)38/h7-10,13-14H,1-6,11-12H2,(H,23,29)(H,24,30). The fourth-order valence-electron chi connectivity index (χ4n) is 3.50. The van der Waals surface area contributed by atoms with Crippen molar-refractivity contribution < 1.29 is 29.3 Å². The van der Waals surface area contributed by atoms with Crippen LogP contribution in [0, 0.1) is 40.5 Å². The highest BCUT2D eigenvalue weighted by atomic mass is 16.6. The van der Waals surface area contributed by atoms with Gasteiger partial charge in [-0.2, -0.15) is 0 Å². The van der Waals surface area contributed by atoms with Gasteiger partial charge in [-0.1, -0.05) is 25.7 Å². The van der Waals surface area contributed by atoms with Crippen molar-refractivity contribution in [2.24, 2.45) is 0 Å². The zero-order valence-electron chi connectivity index (χ0n) is 20.0. The summed E-state index contributed by atoms with van der Waals surface area (Å²) >= 11 is 0. The van der Waals surface area contributed by atoms with E-state index in [-0.39, 0.29) is 24.2 Å². The van der Waals surface area contributed by atoms with Crippen LogP contribution in [0.15, 0.2) is 36.4 Å². The van der Waals surface area contributed by atoms with Crippen LogP contribution in [0.1, 0.15) is 59.2 Å². The number of hydrogen-bond acceptors (Lipinski definition) is 10. The van der Waals surface area contributed by atoms with E-state index in [9.17, 15) is 50.0 Å². The number of unbranched alkanes of at least 4 members (excludes halogenated alkanes) is 5. The minimum Gasteiger partial charge on any atom is -0.352 e. The summed E-state index contributed by atoms with van der Waals surface area (Å²) in [6, 6.07) is 5.62. The second-order valence-electron chi connectivity index (χ2n) is 8.06. The highest BCUT2D eigenvalue weighted by Gasteiger charge is 2.25. The fourth-order valence-corrected chi connectivity index (χ4v) is 3.50. The summed E-state index contributed by atoms with van der Waals surface area (Å²) < 4.78 is 0. The summed E-state index contributed by atoms with van der Waals surface area (Å²) in [5.74, 6) is -1.40. The molecular weight excluding hydrogens is 508 g/mol. The van der Waals surface area contributed by atoms with Gasteiger partial charge in [-0.25, -0.2) is 0 Å². The Morgan fingerprint density at radius 2 is 0.895 bits per heavy atom. The Balaban J connectivity index is 1.66. The minimum absolute atomic E-state index is 0.261. The summed E-state index contributed by atoms with van der Waals surface area (Å²) in [4.78, 5) is 65.1. The Labute approximate surface area is 214 Å². The molecule has 0 aliphatic heterocycles. The molecule has 0 radical (unpaired) electrons. The third-order valence-corrected chi connectivity index (χ3v) is 5.44. The van der Waals surface area contributed by atoms with Crippen LogP contribution in [0.4, 0.5) is 22.7 Å². The molecule has 2 rings (SSSR count). The Hall–Kier alpha value is -5.02. The van der Waals surface area contributed by atoms with Crippen LogP contribution >= 0.6 is 0 Å². The molecule has 0 aliphatic carbocycles. The normalized spacial score (nSPS) is 10.4. The summed E-state index contributed by atoms with van der Waals surface area (Å²) in [6.45, 7) is 0.522. The highest BCUT2D eigenvalue weighted by molar-refractivity contribution is 5.99. The van der Waals surface area contributed by atoms with Gasteiger partial charge in [-0.05, 0) is 25.0 Å². The molecule has 16 nitrogen and oxygen atoms in total. The molecule has 0 fully saturated rings. The van der Waals surface area contributed by atoms with Crippen molar-refractivity contribution in [2.75, 3.05) is 13.1 Å². The molecule has 2 aromatic rings. The zero-order chi connectivity index (χ0) is 28.2. The molecule has 16 heteroatoms. The van der Waals surface area contributed by atoms with E-state index >= 15 is 0 Å². The van der Waals surface area contributed by atoms with Crippen LogP contribution in [-0.4, -0.2) is 44.6 Å². The first-order valence-electron chi connectivity index (χ1n) is 11.4. The Kier molecular flexibility index (Phi) is 10.7. The third kappa shape index (κ3) is 8.28. The third-order valence-electron chi connectivity index (χ3n) is 5.44. The summed E-state index contributed by atoms with van der Waals surface area (Å²) in [5.41, 5.74) is -2.79. The number of nitrogens with one attached hydrogen (secondary N) is 2. The average molecular weight is 532 g/mol. The maximum absolute atomic E-state index is 12.2. The molecule has 0 heterocycles. The molecule has 0 saturated carbocycles. The van der Waals surface area contributed by atoms with Crippen molar-refractivity contribution in [1.29, 1.82) is 0 Å². The smallest absolute Gasteiger partial charge is 0.289 e. The maximum Gasteiger partial charge on any atom is 0.289 e. The molecule has 0 aliphatic rings. The molecule has 0 bridgehead atoms. The van der Waals surface area contributed by atoms with Crippen molar-refractivity contribution in [1.82, 2.24) is 10.6 Å². The topological polar surface area (TPSA) is 231 Å². The molecule has 0 saturated heterocycles. The first-order chi connectivity index (χ1) is 18.0. The second-order valence-corrected chi connectivity index (χ2v) is 8.06. The van der Waals surface area contributed by atoms with Gasteiger partial charge >= 0.3 is 0 Å². The monoisotopic (exact) mass is 532 g/mol. The predicted molar refractivity (Wildman–Crippen MR) is 132 cm³/mol. The zero-order valence-corrected chi connectivity index (χ0v) is 20.0. The van der Waals surface area contributed by atoms with E-state index in [1.165, 1.54) is 0 Å². The second kappa shape index (κ2) is 13.9. The number of nitrogens with zero attached hydrogens (tertiary/aromatic N) is 4. The first-order valence-corrected chi connectivity index (χ1v) is 11.4. The van der Waals surface area contributed by atoms with Crippen LogP contribution in [-0.2, 0) is 0 Å².